The van der Waals surface area contributed by atoms with Gasteiger partial charge in [-0.15, -0.1) is 11.3 Å². The first-order valence-electron chi connectivity index (χ1n) is 9.54. The summed E-state index contributed by atoms with van der Waals surface area (Å²) in [5.41, 5.74) is 1.05. The molecule has 0 radical (unpaired) electrons. The fourth-order valence-corrected chi connectivity index (χ4v) is 6.84. The Kier molecular flexibility index (Phi) is 5.27. The number of ether oxygens (including phenoxy) is 2. The van der Waals surface area contributed by atoms with Gasteiger partial charge in [0, 0.05) is 45.3 Å². The van der Waals surface area contributed by atoms with Crippen molar-refractivity contribution in [1.29, 1.82) is 0 Å². The Morgan fingerprint density at radius 1 is 1.34 bits per heavy atom. The van der Waals surface area contributed by atoms with E-state index in [1.54, 1.807) is 43.5 Å². The maximum atomic E-state index is 13.2. The van der Waals surface area contributed by atoms with E-state index in [9.17, 15) is 13.2 Å². The van der Waals surface area contributed by atoms with Crippen molar-refractivity contribution < 1.29 is 22.7 Å². The van der Waals surface area contributed by atoms with Crippen molar-refractivity contribution >= 4 is 32.8 Å². The Hall–Kier alpha value is -1.81. The molecule has 2 aliphatic rings. The summed E-state index contributed by atoms with van der Waals surface area (Å²) >= 11 is 1.16. The van der Waals surface area contributed by atoms with Gasteiger partial charge in [0.2, 0.25) is 20.1 Å². The van der Waals surface area contributed by atoms with E-state index in [-0.39, 0.29) is 21.2 Å². The third kappa shape index (κ3) is 3.50. The second kappa shape index (κ2) is 7.46. The Morgan fingerprint density at radius 3 is 2.86 bits per heavy atom. The van der Waals surface area contributed by atoms with E-state index in [1.165, 1.54) is 0 Å². The van der Waals surface area contributed by atoms with Crippen molar-refractivity contribution in [3.63, 3.8) is 0 Å². The molecule has 0 unspecified atom stereocenters. The van der Waals surface area contributed by atoms with Crippen molar-refractivity contribution in [2.24, 2.45) is 0 Å². The number of aromatic nitrogens is 1. The topological polar surface area (TPSA) is 85.8 Å². The summed E-state index contributed by atoms with van der Waals surface area (Å²) in [5, 5.41) is 0. The van der Waals surface area contributed by atoms with Gasteiger partial charge in [-0.1, -0.05) is 0 Å². The summed E-state index contributed by atoms with van der Waals surface area (Å²) < 4.78 is 37.9. The molecule has 0 spiro atoms. The van der Waals surface area contributed by atoms with E-state index < -0.39 is 15.4 Å². The van der Waals surface area contributed by atoms with Crippen LogP contribution in [0, 0.1) is 0 Å². The van der Waals surface area contributed by atoms with Crippen LogP contribution >= 0.6 is 11.3 Å². The van der Waals surface area contributed by atoms with Crippen LogP contribution in [0.5, 0.6) is 0 Å². The van der Waals surface area contributed by atoms with Crippen LogP contribution in [0.25, 0.3) is 0 Å². The van der Waals surface area contributed by atoms with Gasteiger partial charge in [0.15, 0.2) is 0 Å². The molecule has 1 fully saturated rings. The number of sulfone groups is 1. The number of carbonyl (C=O) groups is 1. The highest BCUT2D eigenvalue weighted by Crippen LogP contribution is 2.42. The SMILES string of the molecule is CO[C@]1(c2cnc(S(=O)(=O)c3ccc4c(c3)CCC(=O)N4C)s2)CCO[C@@H](C)C1. The van der Waals surface area contributed by atoms with Crippen LogP contribution in [0.2, 0.25) is 0 Å². The molecule has 7 nitrogen and oxygen atoms in total. The number of benzene rings is 1. The molecular weight excluding hydrogens is 412 g/mol. The number of methoxy groups -OCH3 is 1. The molecule has 0 aliphatic carbocycles. The normalized spacial score (nSPS) is 25.1. The first-order chi connectivity index (χ1) is 13.8. The maximum Gasteiger partial charge on any atom is 0.233 e. The second-order valence-electron chi connectivity index (χ2n) is 7.57. The number of nitrogens with zero attached hydrogens (tertiary/aromatic N) is 2. The molecule has 0 bridgehead atoms. The van der Waals surface area contributed by atoms with Crippen molar-refractivity contribution in [1.82, 2.24) is 4.98 Å². The van der Waals surface area contributed by atoms with Crippen LogP contribution in [0.1, 0.15) is 36.6 Å². The molecule has 1 aromatic heterocycles. The van der Waals surface area contributed by atoms with Crippen molar-refractivity contribution in [3.8, 4) is 0 Å². The third-order valence-corrected chi connectivity index (χ3v) is 9.11. The van der Waals surface area contributed by atoms with Gasteiger partial charge in [0.05, 0.1) is 22.5 Å². The smallest absolute Gasteiger partial charge is 0.233 e. The Bertz CT molecular complexity index is 1050. The average molecular weight is 437 g/mol. The number of amides is 1. The van der Waals surface area contributed by atoms with Crippen LogP contribution in [0.3, 0.4) is 0 Å². The molecule has 156 valence electrons. The van der Waals surface area contributed by atoms with Crippen LogP contribution < -0.4 is 4.90 Å². The summed E-state index contributed by atoms with van der Waals surface area (Å²) in [6, 6.07) is 4.91. The Balaban J connectivity index is 1.68. The maximum absolute atomic E-state index is 13.2. The molecule has 1 amide bonds. The number of carbonyl (C=O) groups excluding carboxylic acids is 1. The third-order valence-electron chi connectivity index (χ3n) is 5.78. The van der Waals surface area contributed by atoms with E-state index in [2.05, 4.69) is 4.98 Å². The second-order valence-corrected chi connectivity index (χ2v) is 10.7. The summed E-state index contributed by atoms with van der Waals surface area (Å²) in [6.07, 6.45) is 3.88. The van der Waals surface area contributed by atoms with Crippen LogP contribution in [0.15, 0.2) is 33.6 Å². The average Bonchev–Trinajstić information content (AvgIpc) is 3.22. The number of hydrogen-bond acceptors (Lipinski definition) is 7. The predicted molar refractivity (Wildman–Crippen MR) is 109 cm³/mol. The zero-order valence-corrected chi connectivity index (χ0v) is 18.3. The summed E-state index contributed by atoms with van der Waals surface area (Å²) in [5.74, 6) is 0.0354. The zero-order chi connectivity index (χ0) is 20.8. The number of aryl methyl sites for hydroxylation is 1. The lowest BCUT2D eigenvalue weighted by Gasteiger charge is -2.37. The van der Waals surface area contributed by atoms with E-state index in [0.29, 0.717) is 32.3 Å². The molecule has 3 heterocycles. The van der Waals surface area contributed by atoms with Gasteiger partial charge in [0.25, 0.3) is 0 Å². The van der Waals surface area contributed by atoms with Gasteiger partial charge in [-0.3, -0.25) is 4.79 Å². The van der Waals surface area contributed by atoms with E-state index in [1.807, 2.05) is 6.92 Å². The quantitative estimate of drug-likeness (QED) is 0.733. The minimum atomic E-state index is -3.75. The molecule has 0 N–H and O–H groups in total. The van der Waals surface area contributed by atoms with E-state index in [4.69, 9.17) is 9.47 Å². The van der Waals surface area contributed by atoms with Gasteiger partial charge in [-0.2, -0.15) is 0 Å². The molecule has 29 heavy (non-hydrogen) atoms. The lowest BCUT2D eigenvalue weighted by molar-refractivity contribution is -0.120. The molecular formula is C20H24N2O5S2. The molecule has 1 aromatic carbocycles. The van der Waals surface area contributed by atoms with Gasteiger partial charge >= 0.3 is 0 Å². The van der Waals surface area contributed by atoms with Crippen molar-refractivity contribution in [2.75, 3.05) is 25.7 Å². The van der Waals surface area contributed by atoms with Crippen molar-refractivity contribution in [2.45, 2.75) is 53.5 Å². The number of fused-ring (bicyclic) bond motifs is 1. The fraction of sp³-hybridized carbons (Fsp3) is 0.500. The van der Waals surface area contributed by atoms with Gasteiger partial charge < -0.3 is 14.4 Å². The van der Waals surface area contributed by atoms with E-state index in [0.717, 1.165) is 27.5 Å². The zero-order valence-electron chi connectivity index (χ0n) is 16.7. The van der Waals surface area contributed by atoms with Crippen LogP contribution in [-0.4, -0.2) is 46.2 Å². The lowest BCUT2D eigenvalue weighted by Crippen LogP contribution is -2.38. The lowest BCUT2D eigenvalue weighted by atomic mass is 9.89. The van der Waals surface area contributed by atoms with Crippen molar-refractivity contribution in [3.05, 3.63) is 34.8 Å². The standard InChI is InChI=1S/C20H24N2O5S2/c1-13-11-20(26-3,8-9-27-13)17-12-21-19(28-17)29(24,25)15-5-6-16-14(10-15)4-7-18(23)22(16)2/h5-6,10,12-13H,4,7-9,11H2,1-3H3/t13-,20+/m0/s1. The monoisotopic (exact) mass is 436 g/mol. The molecule has 2 atom stereocenters. The minimum Gasteiger partial charge on any atom is -0.378 e. The first kappa shape index (κ1) is 20.5. The molecule has 9 heteroatoms. The van der Waals surface area contributed by atoms with E-state index >= 15 is 0 Å². The highest BCUT2D eigenvalue weighted by Gasteiger charge is 2.40. The van der Waals surface area contributed by atoms with Crippen LogP contribution in [-0.2, 0) is 36.1 Å². The largest absolute Gasteiger partial charge is 0.378 e. The van der Waals surface area contributed by atoms with Gasteiger partial charge in [-0.25, -0.2) is 13.4 Å². The molecule has 0 saturated carbocycles. The Labute approximate surface area is 174 Å². The minimum absolute atomic E-state index is 0.0335. The number of thiazole rings is 1. The Morgan fingerprint density at radius 2 is 2.14 bits per heavy atom. The predicted octanol–water partition coefficient (Wildman–Crippen LogP) is 2.93. The summed E-state index contributed by atoms with van der Waals surface area (Å²) in [6.45, 7) is 2.55. The molecule has 1 saturated heterocycles. The fourth-order valence-electron chi connectivity index (χ4n) is 4.05. The summed E-state index contributed by atoms with van der Waals surface area (Å²) in [4.78, 5) is 18.7. The first-order valence-corrected chi connectivity index (χ1v) is 11.8. The highest BCUT2D eigenvalue weighted by molar-refractivity contribution is 7.93. The molecule has 4 rings (SSSR count). The van der Waals surface area contributed by atoms with Crippen LogP contribution in [0.4, 0.5) is 5.69 Å². The number of hydrogen-bond donors (Lipinski definition) is 0. The summed E-state index contributed by atoms with van der Waals surface area (Å²) in [7, 11) is -0.398. The number of rotatable bonds is 4. The molecule has 2 aliphatic heterocycles. The molecule has 2 aromatic rings. The highest BCUT2D eigenvalue weighted by atomic mass is 32.2. The number of anilines is 1. The van der Waals surface area contributed by atoms with Gasteiger partial charge in [0.1, 0.15) is 5.60 Å². The van der Waals surface area contributed by atoms with Gasteiger partial charge in [-0.05, 0) is 37.1 Å².